The first kappa shape index (κ1) is 9.17. The van der Waals surface area contributed by atoms with Gasteiger partial charge in [0.1, 0.15) is 0 Å². The maximum atomic E-state index is 6.06. The molecule has 80 valence electrons. The van der Waals surface area contributed by atoms with Crippen LogP contribution in [0.25, 0.3) is 17.1 Å². The quantitative estimate of drug-likeness (QED) is 0.693. The van der Waals surface area contributed by atoms with Crippen molar-refractivity contribution in [2.75, 3.05) is 5.73 Å². The summed E-state index contributed by atoms with van der Waals surface area (Å²) in [6, 6.07) is 1.73. The predicted octanol–water partition coefficient (Wildman–Crippen LogP) is 1.62. The summed E-state index contributed by atoms with van der Waals surface area (Å²) in [5.41, 5.74) is 6.73. The van der Waals surface area contributed by atoms with E-state index in [9.17, 15) is 0 Å². The molecule has 16 heavy (non-hydrogen) atoms. The highest BCUT2D eigenvalue weighted by Crippen LogP contribution is 2.24. The summed E-state index contributed by atoms with van der Waals surface area (Å²) in [6.07, 6.45) is 5.23. The molecule has 0 saturated carbocycles. The first-order valence-corrected chi connectivity index (χ1v) is 4.83. The Morgan fingerprint density at radius 3 is 3.00 bits per heavy atom. The van der Waals surface area contributed by atoms with Crippen molar-refractivity contribution in [3.8, 4) is 11.5 Å². The summed E-state index contributed by atoms with van der Waals surface area (Å²) < 4.78 is 6.89. The molecule has 3 aromatic heterocycles. The third-order valence-electron chi connectivity index (χ3n) is 2.13. The molecule has 3 heterocycles. The van der Waals surface area contributed by atoms with E-state index < -0.39 is 0 Å². The van der Waals surface area contributed by atoms with E-state index in [1.54, 1.807) is 29.1 Å². The van der Waals surface area contributed by atoms with Crippen molar-refractivity contribution in [1.29, 1.82) is 0 Å². The minimum atomic E-state index is 0.0249. The number of nitrogen functional groups attached to an aromatic ring is 1. The maximum absolute atomic E-state index is 6.06. The van der Waals surface area contributed by atoms with Crippen molar-refractivity contribution in [3.05, 3.63) is 29.7 Å². The van der Waals surface area contributed by atoms with Gasteiger partial charge in [0.2, 0.25) is 0 Å². The molecule has 0 saturated heterocycles. The highest BCUT2D eigenvalue weighted by molar-refractivity contribution is 6.33. The number of pyridine rings is 1. The lowest BCUT2D eigenvalue weighted by Crippen LogP contribution is -1.87. The lowest BCUT2D eigenvalue weighted by molar-refractivity contribution is 0.590. The number of anilines is 1. The van der Waals surface area contributed by atoms with Gasteiger partial charge in [0, 0.05) is 18.6 Å². The average molecular weight is 236 g/mol. The van der Waals surface area contributed by atoms with E-state index in [0.29, 0.717) is 22.1 Å². The fraction of sp³-hybridized carbons (Fsp3) is 0. The first-order valence-electron chi connectivity index (χ1n) is 4.45. The Morgan fingerprint density at radius 2 is 2.25 bits per heavy atom. The van der Waals surface area contributed by atoms with Crippen LogP contribution in [0.4, 0.5) is 6.01 Å². The second-order valence-electron chi connectivity index (χ2n) is 3.18. The van der Waals surface area contributed by atoms with Crippen LogP contribution in [0.3, 0.4) is 0 Å². The largest absolute Gasteiger partial charge is 0.404 e. The summed E-state index contributed by atoms with van der Waals surface area (Å²) in [5, 5.41) is 7.88. The zero-order valence-corrected chi connectivity index (χ0v) is 8.72. The average Bonchev–Trinajstić information content (AvgIpc) is 2.85. The van der Waals surface area contributed by atoms with E-state index in [0.717, 1.165) is 0 Å². The lowest BCUT2D eigenvalue weighted by atomic mass is 10.3. The summed E-state index contributed by atoms with van der Waals surface area (Å²) in [7, 11) is 0. The Hall–Kier alpha value is -2.08. The summed E-state index contributed by atoms with van der Waals surface area (Å²) in [5.74, 6) is 0.329. The molecule has 0 atom stereocenters. The molecule has 0 amide bonds. The molecule has 6 nitrogen and oxygen atoms in total. The molecule has 0 unspecified atom stereocenters. The van der Waals surface area contributed by atoms with Crippen LogP contribution in [-0.4, -0.2) is 19.6 Å². The van der Waals surface area contributed by atoms with Gasteiger partial charge >= 0.3 is 6.01 Å². The molecule has 3 rings (SSSR count). The molecule has 0 aliphatic carbocycles. The van der Waals surface area contributed by atoms with Crippen LogP contribution in [0.15, 0.2) is 29.1 Å². The summed E-state index contributed by atoms with van der Waals surface area (Å²) in [6.45, 7) is 0. The van der Waals surface area contributed by atoms with Gasteiger partial charge in [-0.25, -0.2) is 4.98 Å². The van der Waals surface area contributed by atoms with Gasteiger partial charge in [0.05, 0.1) is 10.6 Å². The van der Waals surface area contributed by atoms with E-state index >= 15 is 0 Å². The van der Waals surface area contributed by atoms with E-state index in [4.69, 9.17) is 21.8 Å². The lowest BCUT2D eigenvalue weighted by Gasteiger charge is -1.99. The number of rotatable bonds is 1. The minimum Gasteiger partial charge on any atom is -0.404 e. The second-order valence-corrected chi connectivity index (χ2v) is 3.59. The van der Waals surface area contributed by atoms with Crippen LogP contribution in [-0.2, 0) is 0 Å². The number of hydrogen-bond donors (Lipinski definition) is 1. The van der Waals surface area contributed by atoms with Gasteiger partial charge in [-0.1, -0.05) is 16.7 Å². The highest BCUT2D eigenvalue weighted by Gasteiger charge is 2.10. The molecule has 0 spiro atoms. The van der Waals surface area contributed by atoms with E-state index in [-0.39, 0.29) is 6.01 Å². The molecule has 0 fully saturated rings. The monoisotopic (exact) mass is 235 g/mol. The van der Waals surface area contributed by atoms with Crippen LogP contribution < -0.4 is 5.73 Å². The maximum Gasteiger partial charge on any atom is 0.313 e. The fourth-order valence-electron chi connectivity index (χ4n) is 1.46. The van der Waals surface area contributed by atoms with E-state index in [1.807, 2.05) is 0 Å². The SMILES string of the molecule is Nc1nnc(-c2cc(Cl)c3nccn3c2)o1. The molecular formula is C9H6ClN5O. The van der Waals surface area contributed by atoms with Gasteiger partial charge in [0.25, 0.3) is 5.89 Å². The summed E-state index contributed by atoms with van der Waals surface area (Å²) in [4.78, 5) is 4.10. The smallest absolute Gasteiger partial charge is 0.313 e. The van der Waals surface area contributed by atoms with Crippen LogP contribution >= 0.6 is 11.6 Å². The van der Waals surface area contributed by atoms with Crippen LogP contribution in [0.5, 0.6) is 0 Å². The van der Waals surface area contributed by atoms with Gasteiger partial charge in [0.15, 0.2) is 5.65 Å². The Morgan fingerprint density at radius 1 is 1.38 bits per heavy atom. The van der Waals surface area contributed by atoms with Crippen molar-refractivity contribution >= 4 is 23.3 Å². The van der Waals surface area contributed by atoms with Crippen molar-refractivity contribution in [3.63, 3.8) is 0 Å². The topological polar surface area (TPSA) is 82.2 Å². The zero-order valence-electron chi connectivity index (χ0n) is 7.96. The van der Waals surface area contributed by atoms with Gasteiger partial charge in [-0.3, -0.25) is 0 Å². The second kappa shape index (κ2) is 3.21. The highest BCUT2D eigenvalue weighted by atomic mass is 35.5. The molecule has 0 aromatic carbocycles. The minimum absolute atomic E-state index is 0.0249. The fourth-order valence-corrected chi connectivity index (χ4v) is 1.72. The number of hydrogen-bond acceptors (Lipinski definition) is 5. The van der Waals surface area contributed by atoms with E-state index in [1.165, 1.54) is 0 Å². The van der Waals surface area contributed by atoms with E-state index in [2.05, 4.69) is 15.2 Å². The molecule has 0 aliphatic heterocycles. The van der Waals surface area contributed by atoms with Crippen LogP contribution in [0.1, 0.15) is 0 Å². The van der Waals surface area contributed by atoms with Crippen LogP contribution in [0, 0.1) is 0 Å². The number of aromatic nitrogens is 4. The third-order valence-corrected chi connectivity index (χ3v) is 2.41. The molecular weight excluding hydrogens is 230 g/mol. The Balaban J connectivity index is 2.24. The zero-order chi connectivity index (χ0) is 11.1. The number of fused-ring (bicyclic) bond motifs is 1. The predicted molar refractivity (Wildman–Crippen MR) is 57.9 cm³/mol. The van der Waals surface area contributed by atoms with Gasteiger partial charge in [-0.15, -0.1) is 5.10 Å². The molecule has 3 aromatic rings. The first-order chi connectivity index (χ1) is 7.74. The third kappa shape index (κ3) is 1.31. The van der Waals surface area contributed by atoms with Crippen LogP contribution in [0.2, 0.25) is 5.02 Å². The number of imidazole rings is 1. The Kier molecular flexibility index (Phi) is 1.84. The Labute approximate surface area is 94.7 Å². The van der Waals surface area contributed by atoms with Crippen molar-refractivity contribution < 1.29 is 4.42 Å². The molecule has 2 N–H and O–H groups in total. The number of nitrogens with two attached hydrogens (primary N) is 1. The van der Waals surface area contributed by atoms with Crippen molar-refractivity contribution in [1.82, 2.24) is 19.6 Å². The molecule has 0 aliphatic rings. The number of halogens is 1. The van der Waals surface area contributed by atoms with Crippen molar-refractivity contribution in [2.24, 2.45) is 0 Å². The van der Waals surface area contributed by atoms with Gasteiger partial charge < -0.3 is 14.6 Å². The normalized spacial score (nSPS) is 11.1. The molecule has 7 heteroatoms. The molecule has 0 bridgehead atoms. The standard InChI is InChI=1S/C9H6ClN5O/c10-6-3-5(8-13-14-9(11)16-8)4-15-2-1-12-7(6)15/h1-4H,(H2,11,14). The van der Waals surface area contributed by atoms with Gasteiger partial charge in [-0.05, 0) is 6.07 Å². The van der Waals surface area contributed by atoms with Gasteiger partial charge in [-0.2, -0.15) is 0 Å². The Bertz CT molecular complexity index is 659. The number of nitrogens with zero attached hydrogens (tertiary/aromatic N) is 4. The van der Waals surface area contributed by atoms with Crippen molar-refractivity contribution in [2.45, 2.75) is 0 Å². The summed E-state index contributed by atoms with van der Waals surface area (Å²) >= 11 is 6.06. The molecule has 0 radical (unpaired) electrons.